The molecule has 27 heavy (non-hydrogen) atoms. The fourth-order valence-corrected chi connectivity index (χ4v) is 4.11. The summed E-state index contributed by atoms with van der Waals surface area (Å²) in [6.07, 6.45) is 1.92. The van der Waals surface area contributed by atoms with Crippen LogP contribution in [0.15, 0.2) is 6.07 Å². The maximum atomic E-state index is 13.1. The summed E-state index contributed by atoms with van der Waals surface area (Å²) in [6.45, 7) is 9.72. The van der Waals surface area contributed by atoms with Crippen molar-refractivity contribution in [1.82, 2.24) is 25.0 Å². The Hall–Kier alpha value is -1.99. The van der Waals surface area contributed by atoms with Gasteiger partial charge in [0.1, 0.15) is 0 Å². The lowest BCUT2D eigenvalue weighted by Gasteiger charge is -2.39. The molecule has 148 valence electrons. The highest BCUT2D eigenvalue weighted by Crippen LogP contribution is 2.31. The summed E-state index contributed by atoms with van der Waals surface area (Å²) < 4.78 is 7.41. The summed E-state index contributed by atoms with van der Waals surface area (Å²) >= 11 is 0. The lowest BCUT2D eigenvalue weighted by molar-refractivity contribution is 0.00286. The van der Waals surface area contributed by atoms with Crippen molar-refractivity contribution in [3.63, 3.8) is 0 Å². The van der Waals surface area contributed by atoms with Crippen LogP contribution in [-0.4, -0.2) is 66.0 Å². The van der Waals surface area contributed by atoms with Crippen LogP contribution in [-0.2, 0) is 11.3 Å². The molecule has 0 radical (unpaired) electrons. The molecule has 1 fully saturated rings. The van der Waals surface area contributed by atoms with Crippen LogP contribution < -0.4 is 5.32 Å². The average Bonchev–Trinajstić information content (AvgIpc) is 2.95. The first kappa shape index (κ1) is 19.8. The van der Waals surface area contributed by atoms with Crippen molar-refractivity contribution in [3.05, 3.63) is 23.0 Å². The smallest absolute Gasteiger partial charge is 0.252 e. The Morgan fingerprint density at radius 1 is 1.33 bits per heavy atom. The van der Waals surface area contributed by atoms with Crippen LogP contribution in [0.1, 0.15) is 41.5 Å². The van der Waals surface area contributed by atoms with Crippen molar-refractivity contribution in [2.45, 2.75) is 40.2 Å². The Kier molecular flexibility index (Phi) is 5.81. The largest absolute Gasteiger partial charge is 0.381 e. The number of ether oxygens (including phenoxy) is 1. The Morgan fingerprint density at radius 2 is 2.04 bits per heavy atom. The molecule has 1 aliphatic heterocycles. The monoisotopic (exact) mass is 373 g/mol. The van der Waals surface area contributed by atoms with Crippen molar-refractivity contribution >= 4 is 16.9 Å². The van der Waals surface area contributed by atoms with Gasteiger partial charge in [0, 0.05) is 44.0 Å². The molecule has 1 aliphatic rings. The molecule has 1 saturated heterocycles. The standard InChI is InChI=1S/C20H31N5O2/c1-6-25-18-17(15(3)23-25)16(11-14(2)22-18)19(26)21-12-20(13-24(4)5)7-9-27-10-8-20/h11H,6-10,12-13H2,1-5H3,(H,21,26). The van der Waals surface area contributed by atoms with Crippen LogP contribution in [0.3, 0.4) is 0 Å². The number of nitrogens with one attached hydrogen (secondary N) is 1. The molecule has 2 aromatic rings. The molecule has 0 aromatic carbocycles. The molecule has 3 heterocycles. The highest BCUT2D eigenvalue weighted by Gasteiger charge is 2.34. The Bertz CT molecular complexity index is 821. The number of hydrogen-bond donors (Lipinski definition) is 1. The van der Waals surface area contributed by atoms with Gasteiger partial charge < -0.3 is 15.0 Å². The number of amides is 1. The van der Waals surface area contributed by atoms with E-state index < -0.39 is 0 Å². The lowest BCUT2D eigenvalue weighted by atomic mass is 9.79. The van der Waals surface area contributed by atoms with Crippen LogP contribution >= 0.6 is 0 Å². The zero-order valence-electron chi connectivity index (χ0n) is 17.1. The summed E-state index contributed by atoms with van der Waals surface area (Å²) in [7, 11) is 4.16. The van der Waals surface area contributed by atoms with E-state index in [9.17, 15) is 4.79 Å². The normalized spacial score (nSPS) is 16.8. The van der Waals surface area contributed by atoms with Crippen molar-refractivity contribution in [1.29, 1.82) is 0 Å². The molecule has 3 rings (SSSR count). The SMILES string of the molecule is CCn1nc(C)c2c(C(=O)NCC3(CN(C)C)CCOCC3)cc(C)nc21. The van der Waals surface area contributed by atoms with Gasteiger partial charge in [0.25, 0.3) is 5.91 Å². The van der Waals surface area contributed by atoms with Crippen LogP contribution in [0.2, 0.25) is 0 Å². The fourth-order valence-electron chi connectivity index (χ4n) is 4.11. The molecule has 2 aromatic heterocycles. The number of carbonyl (C=O) groups is 1. The quantitative estimate of drug-likeness (QED) is 0.840. The van der Waals surface area contributed by atoms with Crippen LogP contribution in [0.4, 0.5) is 0 Å². The molecule has 0 aliphatic carbocycles. The van der Waals surface area contributed by atoms with Gasteiger partial charge in [-0.25, -0.2) is 9.67 Å². The minimum absolute atomic E-state index is 0.0473. The van der Waals surface area contributed by atoms with Gasteiger partial charge in [-0.2, -0.15) is 5.10 Å². The van der Waals surface area contributed by atoms with Crippen molar-refractivity contribution in [2.24, 2.45) is 5.41 Å². The van der Waals surface area contributed by atoms with Gasteiger partial charge in [0.05, 0.1) is 16.6 Å². The van der Waals surface area contributed by atoms with Gasteiger partial charge in [0.15, 0.2) is 5.65 Å². The minimum Gasteiger partial charge on any atom is -0.381 e. The van der Waals surface area contributed by atoms with Crippen molar-refractivity contribution in [3.8, 4) is 0 Å². The second-order valence-electron chi connectivity index (χ2n) is 7.94. The third-order valence-electron chi connectivity index (χ3n) is 5.38. The van der Waals surface area contributed by atoms with Crippen molar-refractivity contribution in [2.75, 3.05) is 40.4 Å². The third-order valence-corrected chi connectivity index (χ3v) is 5.38. The topological polar surface area (TPSA) is 72.3 Å². The van der Waals surface area contributed by atoms with Crippen LogP contribution in [0.5, 0.6) is 0 Å². The maximum absolute atomic E-state index is 13.1. The first-order valence-corrected chi connectivity index (χ1v) is 9.71. The van der Waals surface area contributed by atoms with Gasteiger partial charge >= 0.3 is 0 Å². The van der Waals surface area contributed by atoms with Crippen molar-refractivity contribution < 1.29 is 9.53 Å². The number of aromatic nitrogens is 3. The Labute approximate surface area is 161 Å². The summed E-state index contributed by atoms with van der Waals surface area (Å²) in [5, 5.41) is 8.60. The molecule has 7 heteroatoms. The first-order valence-electron chi connectivity index (χ1n) is 9.71. The van der Waals surface area contributed by atoms with E-state index in [0.717, 1.165) is 61.6 Å². The molecule has 1 N–H and O–H groups in total. The minimum atomic E-state index is -0.0473. The zero-order valence-corrected chi connectivity index (χ0v) is 17.1. The van der Waals surface area contributed by atoms with E-state index in [2.05, 4.69) is 34.4 Å². The molecular weight excluding hydrogens is 342 g/mol. The van der Waals surface area contributed by atoms with Gasteiger partial charge in [0.2, 0.25) is 0 Å². The summed E-state index contributed by atoms with van der Waals surface area (Å²) in [5.74, 6) is -0.0473. The van der Waals surface area contributed by atoms with E-state index in [0.29, 0.717) is 12.1 Å². The number of rotatable bonds is 6. The lowest BCUT2D eigenvalue weighted by Crippen LogP contribution is -2.47. The molecule has 0 unspecified atom stereocenters. The Morgan fingerprint density at radius 3 is 2.67 bits per heavy atom. The van der Waals surface area contributed by atoms with Gasteiger partial charge in [-0.05, 0) is 53.8 Å². The summed E-state index contributed by atoms with van der Waals surface area (Å²) in [5.41, 5.74) is 3.19. The molecule has 0 saturated carbocycles. The van der Waals surface area contributed by atoms with Gasteiger partial charge in [-0.3, -0.25) is 4.79 Å². The number of pyridine rings is 1. The average molecular weight is 374 g/mol. The van der Waals surface area contributed by atoms with Gasteiger partial charge in [-0.15, -0.1) is 0 Å². The number of hydrogen-bond acceptors (Lipinski definition) is 5. The number of carbonyl (C=O) groups excluding carboxylic acids is 1. The van der Waals surface area contributed by atoms with E-state index >= 15 is 0 Å². The van der Waals surface area contributed by atoms with E-state index in [1.54, 1.807) is 0 Å². The number of aryl methyl sites for hydroxylation is 3. The number of nitrogens with zero attached hydrogens (tertiary/aromatic N) is 4. The zero-order chi connectivity index (χ0) is 19.6. The van der Waals surface area contributed by atoms with E-state index in [-0.39, 0.29) is 11.3 Å². The maximum Gasteiger partial charge on any atom is 0.252 e. The van der Waals surface area contributed by atoms with Crippen LogP contribution in [0, 0.1) is 19.3 Å². The fraction of sp³-hybridized carbons (Fsp3) is 0.650. The molecular formula is C20H31N5O2. The van der Waals surface area contributed by atoms with E-state index in [1.807, 2.05) is 31.5 Å². The third kappa shape index (κ3) is 4.14. The Balaban J connectivity index is 1.86. The highest BCUT2D eigenvalue weighted by molar-refractivity contribution is 6.06. The molecule has 1 amide bonds. The van der Waals surface area contributed by atoms with Gasteiger partial charge in [-0.1, -0.05) is 0 Å². The first-order chi connectivity index (χ1) is 12.8. The second kappa shape index (κ2) is 7.94. The van der Waals surface area contributed by atoms with E-state index in [1.165, 1.54) is 0 Å². The summed E-state index contributed by atoms with van der Waals surface area (Å²) in [6, 6.07) is 1.87. The molecule has 0 spiro atoms. The molecule has 0 atom stereocenters. The van der Waals surface area contributed by atoms with Crippen LogP contribution in [0.25, 0.3) is 11.0 Å². The molecule has 0 bridgehead atoms. The summed E-state index contributed by atoms with van der Waals surface area (Å²) in [4.78, 5) is 19.9. The highest BCUT2D eigenvalue weighted by atomic mass is 16.5. The van der Waals surface area contributed by atoms with E-state index in [4.69, 9.17) is 4.74 Å². The number of fused-ring (bicyclic) bond motifs is 1. The molecule has 7 nitrogen and oxygen atoms in total. The second-order valence-corrected chi connectivity index (χ2v) is 7.94. The predicted octanol–water partition coefficient (Wildman–Crippen LogP) is 2.16. The predicted molar refractivity (Wildman–Crippen MR) is 106 cm³/mol.